The minimum Gasteiger partial charge on any atom is -0.465 e. The van der Waals surface area contributed by atoms with Crippen LogP contribution in [0.25, 0.3) is 10.9 Å². The van der Waals surface area contributed by atoms with Crippen LogP contribution in [-0.4, -0.2) is 22.9 Å². The number of halogens is 1. The molecule has 1 aromatic carbocycles. The van der Waals surface area contributed by atoms with Crippen molar-refractivity contribution in [3.8, 4) is 0 Å². The number of carbonyl (C=O) groups is 1. The van der Waals surface area contributed by atoms with Crippen molar-refractivity contribution in [2.24, 2.45) is 5.92 Å². The van der Waals surface area contributed by atoms with E-state index in [4.69, 9.17) is 0 Å². The molecule has 1 heterocycles. The quantitative estimate of drug-likeness (QED) is 0.786. The zero-order valence-electron chi connectivity index (χ0n) is 10.6. The van der Waals surface area contributed by atoms with Gasteiger partial charge in [-0.25, -0.2) is 4.79 Å². The second-order valence-corrected chi connectivity index (χ2v) is 4.56. The Hall–Kier alpha value is -1.91. The Kier molecular flexibility index (Phi) is 3.32. The van der Waals surface area contributed by atoms with Crippen LogP contribution in [0.15, 0.2) is 18.2 Å². The van der Waals surface area contributed by atoms with Crippen molar-refractivity contribution in [2.45, 2.75) is 20.4 Å². The van der Waals surface area contributed by atoms with Crippen LogP contribution < -0.4 is 0 Å². The van der Waals surface area contributed by atoms with Gasteiger partial charge in [0.15, 0.2) is 0 Å². The van der Waals surface area contributed by atoms with E-state index in [1.807, 2.05) is 13.8 Å². The van der Waals surface area contributed by atoms with Crippen LogP contribution in [0.4, 0.5) is 4.39 Å². The number of rotatable bonds is 3. The smallest absolute Gasteiger partial charge is 0.338 e. The standard InChI is InChI=1S/C13H15FN2O2/c1-8(2)7-16-10-6-4-5-9(13(17)18-3)11(10)12(14)15-16/h4-6,8H,7H2,1-3H3. The summed E-state index contributed by atoms with van der Waals surface area (Å²) in [6, 6.07) is 4.99. The third-order valence-corrected chi connectivity index (χ3v) is 2.68. The average molecular weight is 250 g/mol. The lowest BCUT2D eigenvalue weighted by atomic mass is 10.1. The molecule has 4 nitrogen and oxygen atoms in total. The molecular formula is C13H15FN2O2. The first-order chi connectivity index (χ1) is 8.54. The Morgan fingerprint density at radius 3 is 2.83 bits per heavy atom. The highest BCUT2D eigenvalue weighted by Gasteiger charge is 2.18. The van der Waals surface area contributed by atoms with E-state index in [2.05, 4.69) is 9.84 Å². The van der Waals surface area contributed by atoms with E-state index in [0.29, 0.717) is 18.0 Å². The second kappa shape index (κ2) is 4.76. The SMILES string of the molecule is COC(=O)c1cccc2c1c(F)nn2CC(C)C. The molecule has 0 spiro atoms. The molecule has 0 N–H and O–H groups in total. The fourth-order valence-corrected chi connectivity index (χ4v) is 1.95. The molecule has 5 heteroatoms. The van der Waals surface area contributed by atoms with E-state index in [-0.39, 0.29) is 10.9 Å². The van der Waals surface area contributed by atoms with Crippen LogP contribution in [0.1, 0.15) is 24.2 Å². The second-order valence-electron chi connectivity index (χ2n) is 4.56. The molecular weight excluding hydrogens is 235 g/mol. The molecule has 0 amide bonds. The van der Waals surface area contributed by atoms with Gasteiger partial charge >= 0.3 is 5.97 Å². The molecule has 2 rings (SSSR count). The highest BCUT2D eigenvalue weighted by molar-refractivity contribution is 6.03. The van der Waals surface area contributed by atoms with Gasteiger partial charge in [0.2, 0.25) is 5.95 Å². The maximum Gasteiger partial charge on any atom is 0.338 e. The summed E-state index contributed by atoms with van der Waals surface area (Å²) in [5, 5.41) is 4.08. The number of esters is 1. The van der Waals surface area contributed by atoms with Crippen LogP contribution in [0.3, 0.4) is 0 Å². The predicted octanol–water partition coefficient (Wildman–Crippen LogP) is 2.62. The van der Waals surface area contributed by atoms with Gasteiger partial charge in [0.05, 0.1) is 23.6 Å². The van der Waals surface area contributed by atoms with Crippen LogP contribution in [0, 0.1) is 11.9 Å². The summed E-state index contributed by atoms with van der Waals surface area (Å²) < 4.78 is 20.1. The number of carbonyl (C=O) groups excluding carboxylic acids is 1. The Bertz CT molecular complexity index is 590. The highest BCUT2D eigenvalue weighted by atomic mass is 19.1. The van der Waals surface area contributed by atoms with Crippen molar-refractivity contribution in [1.29, 1.82) is 0 Å². The number of hydrogen-bond donors (Lipinski definition) is 0. The summed E-state index contributed by atoms with van der Waals surface area (Å²) in [6.45, 7) is 4.65. The molecule has 0 bridgehead atoms. The molecule has 1 aromatic heterocycles. The van der Waals surface area contributed by atoms with E-state index < -0.39 is 11.9 Å². The Labute approximate surface area is 104 Å². The maximum absolute atomic E-state index is 13.9. The summed E-state index contributed by atoms with van der Waals surface area (Å²) >= 11 is 0. The number of nitrogens with zero attached hydrogens (tertiary/aromatic N) is 2. The van der Waals surface area contributed by atoms with E-state index in [1.54, 1.807) is 22.9 Å². The normalized spacial score (nSPS) is 11.2. The lowest BCUT2D eigenvalue weighted by Crippen LogP contribution is -2.06. The van der Waals surface area contributed by atoms with Crippen LogP contribution in [-0.2, 0) is 11.3 Å². The number of benzene rings is 1. The van der Waals surface area contributed by atoms with Gasteiger partial charge in [-0.2, -0.15) is 4.39 Å². The monoisotopic (exact) mass is 250 g/mol. The first kappa shape index (κ1) is 12.5. The molecule has 0 atom stereocenters. The average Bonchev–Trinajstić information content (AvgIpc) is 2.65. The summed E-state index contributed by atoms with van der Waals surface area (Å²) in [4.78, 5) is 11.6. The van der Waals surface area contributed by atoms with Gasteiger partial charge in [-0.15, -0.1) is 5.10 Å². The van der Waals surface area contributed by atoms with E-state index in [1.165, 1.54) is 7.11 Å². The third kappa shape index (κ3) is 2.08. The zero-order chi connectivity index (χ0) is 13.3. The molecule has 0 aliphatic rings. The molecule has 0 radical (unpaired) electrons. The first-order valence-electron chi connectivity index (χ1n) is 5.78. The number of methoxy groups -OCH3 is 1. The molecule has 0 saturated carbocycles. The maximum atomic E-state index is 13.9. The largest absolute Gasteiger partial charge is 0.465 e. The summed E-state index contributed by atoms with van der Waals surface area (Å²) in [6.07, 6.45) is 0. The van der Waals surface area contributed by atoms with Crippen molar-refractivity contribution < 1.29 is 13.9 Å². The number of aromatic nitrogens is 2. The van der Waals surface area contributed by atoms with Crippen molar-refractivity contribution in [3.05, 3.63) is 29.7 Å². The minimum absolute atomic E-state index is 0.211. The number of ether oxygens (including phenoxy) is 1. The molecule has 96 valence electrons. The number of hydrogen-bond acceptors (Lipinski definition) is 3. The summed E-state index contributed by atoms with van der Waals surface area (Å²) in [7, 11) is 1.28. The summed E-state index contributed by atoms with van der Waals surface area (Å²) in [5.74, 6) is -0.843. The van der Waals surface area contributed by atoms with E-state index in [0.717, 1.165) is 0 Å². The van der Waals surface area contributed by atoms with Gasteiger partial charge in [0.25, 0.3) is 0 Å². The fourth-order valence-electron chi connectivity index (χ4n) is 1.95. The Morgan fingerprint density at radius 1 is 1.50 bits per heavy atom. The Balaban J connectivity index is 2.64. The fraction of sp³-hybridized carbons (Fsp3) is 0.385. The van der Waals surface area contributed by atoms with Gasteiger partial charge in [-0.1, -0.05) is 19.9 Å². The van der Waals surface area contributed by atoms with Crippen LogP contribution in [0.2, 0.25) is 0 Å². The van der Waals surface area contributed by atoms with Gasteiger partial charge in [-0.3, -0.25) is 4.68 Å². The molecule has 0 fully saturated rings. The van der Waals surface area contributed by atoms with Crippen LogP contribution in [0.5, 0.6) is 0 Å². The van der Waals surface area contributed by atoms with Crippen molar-refractivity contribution in [1.82, 2.24) is 9.78 Å². The van der Waals surface area contributed by atoms with Gasteiger partial charge in [0, 0.05) is 6.54 Å². The number of fused-ring (bicyclic) bond motifs is 1. The van der Waals surface area contributed by atoms with Crippen molar-refractivity contribution in [3.63, 3.8) is 0 Å². The van der Waals surface area contributed by atoms with Crippen LogP contribution >= 0.6 is 0 Å². The predicted molar refractivity (Wildman–Crippen MR) is 65.9 cm³/mol. The molecule has 0 saturated heterocycles. The van der Waals surface area contributed by atoms with Gasteiger partial charge < -0.3 is 4.74 Å². The lowest BCUT2D eigenvalue weighted by molar-refractivity contribution is 0.0602. The lowest BCUT2D eigenvalue weighted by Gasteiger charge is -2.06. The molecule has 18 heavy (non-hydrogen) atoms. The topological polar surface area (TPSA) is 44.1 Å². The zero-order valence-corrected chi connectivity index (χ0v) is 10.6. The highest BCUT2D eigenvalue weighted by Crippen LogP contribution is 2.23. The van der Waals surface area contributed by atoms with E-state index >= 15 is 0 Å². The third-order valence-electron chi connectivity index (χ3n) is 2.68. The van der Waals surface area contributed by atoms with E-state index in [9.17, 15) is 9.18 Å². The molecule has 0 aliphatic carbocycles. The van der Waals surface area contributed by atoms with Crippen molar-refractivity contribution >= 4 is 16.9 Å². The first-order valence-corrected chi connectivity index (χ1v) is 5.78. The molecule has 0 unspecified atom stereocenters. The summed E-state index contributed by atoms with van der Waals surface area (Å²) in [5.41, 5.74) is 0.826. The minimum atomic E-state index is -0.633. The Morgan fingerprint density at radius 2 is 2.22 bits per heavy atom. The van der Waals surface area contributed by atoms with Crippen molar-refractivity contribution in [2.75, 3.05) is 7.11 Å². The molecule has 2 aromatic rings. The van der Waals surface area contributed by atoms with Gasteiger partial charge in [-0.05, 0) is 18.1 Å². The molecule has 0 aliphatic heterocycles. The van der Waals surface area contributed by atoms with Gasteiger partial charge in [0.1, 0.15) is 0 Å².